The Morgan fingerprint density at radius 2 is 2.40 bits per heavy atom. The molecule has 0 aromatic carbocycles. The summed E-state index contributed by atoms with van der Waals surface area (Å²) in [6, 6.07) is 2.07. The van der Waals surface area contributed by atoms with Gasteiger partial charge in [0.25, 0.3) is 0 Å². The molecule has 0 amide bonds. The van der Waals surface area contributed by atoms with E-state index in [4.69, 9.17) is 5.26 Å². The van der Waals surface area contributed by atoms with E-state index >= 15 is 0 Å². The first-order valence-electron chi connectivity index (χ1n) is 4.88. The Bertz CT molecular complexity index is 402. The second-order valence-electron chi connectivity index (χ2n) is 3.95. The monoisotopic (exact) mass is 205 g/mol. The summed E-state index contributed by atoms with van der Waals surface area (Å²) in [5, 5.41) is 8.96. The van der Waals surface area contributed by atoms with Crippen molar-refractivity contribution in [1.29, 1.82) is 5.26 Å². The molecule has 0 saturated carbocycles. The van der Waals surface area contributed by atoms with Gasteiger partial charge in [0.1, 0.15) is 17.0 Å². The molecule has 80 valence electrons. The number of imidazole rings is 1. The Morgan fingerprint density at radius 1 is 1.73 bits per heavy atom. The van der Waals surface area contributed by atoms with E-state index in [9.17, 15) is 4.79 Å². The van der Waals surface area contributed by atoms with Gasteiger partial charge in [0.05, 0.1) is 6.07 Å². The van der Waals surface area contributed by atoms with Crippen molar-refractivity contribution in [3.63, 3.8) is 0 Å². The molecule has 0 N–H and O–H groups in total. The predicted octanol–water partition coefficient (Wildman–Crippen LogP) is 1.47. The standard InChI is InChI=1S/C11H15N3O/c1-9(15)11(2,8-12)5-4-10-13-6-7-14(10)3/h6-7H,4-5H2,1-3H3. The number of Topliss-reactive ketones (excluding diaryl/α,β-unsaturated/α-hetero) is 1. The minimum Gasteiger partial charge on any atom is -0.338 e. The summed E-state index contributed by atoms with van der Waals surface area (Å²) in [6.45, 7) is 3.14. The van der Waals surface area contributed by atoms with Gasteiger partial charge in [-0.25, -0.2) is 4.98 Å². The van der Waals surface area contributed by atoms with Crippen LogP contribution >= 0.6 is 0 Å². The van der Waals surface area contributed by atoms with E-state index in [2.05, 4.69) is 11.1 Å². The first kappa shape index (κ1) is 11.4. The highest BCUT2D eigenvalue weighted by Crippen LogP contribution is 2.23. The van der Waals surface area contributed by atoms with Gasteiger partial charge >= 0.3 is 0 Å². The first-order chi connectivity index (χ1) is 6.99. The molecule has 0 aliphatic carbocycles. The molecule has 4 nitrogen and oxygen atoms in total. The van der Waals surface area contributed by atoms with Crippen LogP contribution < -0.4 is 0 Å². The van der Waals surface area contributed by atoms with E-state index in [0.29, 0.717) is 12.8 Å². The van der Waals surface area contributed by atoms with Crippen LogP contribution in [0.25, 0.3) is 0 Å². The number of aryl methyl sites for hydroxylation is 2. The second kappa shape index (κ2) is 4.26. The lowest BCUT2D eigenvalue weighted by molar-refractivity contribution is -0.123. The van der Waals surface area contributed by atoms with Crippen LogP contribution in [0.5, 0.6) is 0 Å². The van der Waals surface area contributed by atoms with Crippen molar-refractivity contribution in [2.45, 2.75) is 26.7 Å². The van der Waals surface area contributed by atoms with Crippen LogP contribution in [0.1, 0.15) is 26.1 Å². The van der Waals surface area contributed by atoms with Crippen LogP contribution in [0.4, 0.5) is 0 Å². The largest absolute Gasteiger partial charge is 0.338 e. The number of aromatic nitrogens is 2. The lowest BCUT2D eigenvalue weighted by Gasteiger charge is -2.17. The van der Waals surface area contributed by atoms with Crippen LogP contribution in [-0.4, -0.2) is 15.3 Å². The summed E-state index contributed by atoms with van der Waals surface area (Å²) >= 11 is 0. The molecule has 1 aromatic heterocycles. The molecule has 0 fully saturated rings. The number of nitriles is 1. The molecule has 0 aliphatic rings. The molecule has 0 spiro atoms. The Balaban J connectivity index is 2.69. The maximum atomic E-state index is 11.3. The fourth-order valence-corrected chi connectivity index (χ4v) is 1.31. The lowest BCUT2D eigenvalue weighted by Crippen LogP contribution is -2.24. The minimum absolute atomic E-state index is 0.0841. The van der Waals surface area contributed by atoms with Crippen molar-refractivity contribution in [3.8, 4) is 6.07 Å². The van der Waals surface area contributed by atoms with Gasteiger partial charge in [-0.15, -0.1) is 0 Å². The quantitative estimate of drug-likeness (QED) is 0.747. The second-order valence-corrected chi connectivity index (χ2v) is 3.95. The maximum absolute atomic E-state index is 11.3. The topological polar surface area (TPSA) is 58.7 Å². The Morgan fingerprint density at radius 3 is 2.80 bits per heavy atom. The van der Waals surface area contributed by atoms with Gasteiger partial charge in [-0.2, -0.15) is 5.26 Å². The summed E-state index contributed by atoms with van der Waals surface area (Å²) in [5.41, 5.74) is -0.883. The molecule has 1 aromatic rings. The number of carbonyl (C=O) groups excluding carboxylic acids is 1. The minimum atomic E-state index is -0.883. The van der Waals surface area contributed by atoms with E-state index < -0.39 is 5.41 Å². The average molecular weight is 205 g/mol. The number of rotatable bonds is 4. The van der Waals surface area contributed by atoms with Gasteiger partial charge < -0.3 is 4.57 Å². The van der Waals surface area contributed by atoms with E-state index in [-0.39, 0.29) is 5.78 Å². The maximum Gasteiger partial charge on any atom is 0.149 e. The highest BCUT2D eigenvalue weighted by Gasteiger charge is 2.29. The lowest BCUT2D eigenvalue weighted by atomic mass is 9.83. The van der Waals surface area contributed by atoms with Crippen LogP contribution in [0, 0.1) is 16.7 Å². The molecular weight excluding hydrogens is 190 g/mol. The van der Waals surface area contributed by atoms with Gasteiger partial charge in [-0.3, -0.25) is 4.79 Å². The van der Waals surface area contributed by atoms with Crippen molar-refractivity contribution in [3.05, 3.63) is 18.2 Å². The van der Waals surface area contributed by atoms with E-state index in [1.165, 1.54) is 6.92 Å². The van der Waals surface area contributed by atoms with Gasteiger partial charge in [0.2, 0.25) is 0 Å². The van der Waals surface area contributed by atoms with Crippen molar-refractivity contribution < 1.29 is 4.79 Å². The van der Waals surface area contributed by atoms with E-state index in [1.807, 2.05) is 17.8 Å². The summed E-state index contributed by atoms with van der Waals surface area (Å²) < 4.78 is 1.90. The van der Waals surface area contributed by atoms with Crippen molar-refractivity contribution >= 4 is 5.78 Å². The summed E-state index contributed by atoms with van der Waals surface area (Å²) in [4.78, 5) is 15.4. The zero-order valence-corrected chi connectivity index (χ0v) is 9.32. The Labute approximate surface area is 89.5 Å². The fraction of sp³-hybridized carbons (Fsp3) is 0.545. The fourth-order valence-electron chi connectivity index (χ4n) is 1.31. The van der Waals surface area contributed by atoms with Crippen LogP contribution in [0.2, 0.25) is 0 Å². The molecule has 1 unspecified atom stereocenters. The molecule has 1 atom stereocenters. The third-order valence-electron chi connectivity index (χ3n) is 2.79. The number of hydrogen-bond donors (Lipinski definition) is 0. The van der Waals surface area contributed by atoms with Crippen molar-refractivity contribution in [2.75, 3.05) is 0 Å². The van der Waals surface area contributed by atoms with Crippen LogP contribution in [-0.2, 0) is 18.3 Å². The first-order valence-corrected chi connectivity index (χ1v) is 4.88. The molecule has 1 heterocycles. The zero-order valence-electron chi connectivity index (χ0n) is 9.32. The Kier molecular flexibility index (Phi) is 3.25. The predicted molar refractivity (Wildman–Crippen MR) is 55.9 cm³/mol. The van der Waals surface area contributed by atoms with Crippen LogP contribution in [0.3, 0.4) is 0 Å². The molecule has 0 aliphatic heterocycles. The number of nitrogens with zero attached hydrogens (tertiary/aromatic N) is 3. The van der Waals surface area contributed by atoms with Gasteiger partial charge in [0.15, 0.2) is 0 Å². The van der Waals surface area contributed by atoms with Gasteiger partial charge in [-0.05, 0) is 20.3 Å². The normalized spacial score (nSPS) is 14.3. The number of hydrogen-bond acceptors (Lipinski definition) is 3. The third kappa shape index (κ3) is 2.44. The molecule has 0 radical (unpaired) electrons. The summed E-state index contributed by atoms with van der Waals surface area (Å²) in [5.74, 6) is 0.817. The summed E-state index contributed by atoms with van der Waals surface area (Å²) in [6.07, 6.45) is 4.73. The Hall–Kier alpha value is -1.63. The molecule has 1 rings (SSSR count). The number of carbonyl (C=O) groups is 1. The van der Waals surface area contributed by atoms with Gasteiger partial charge in [0, 0.05) is 25.9 Å². The summed E-state index contributed by atoms with van der Waals surface area (Å²) in [7, 11) is 1.90. The average Bonchev–Trinajstić information content (AvgIpc) is 2.60. The third-order valence-corrected chi connectivity index (χ3v) is 2.79. The van der Waals surface area contributed by atoms with Crippen molar-refractivity contribution in [2.24, 2.45) is 12.5 Å². The molecular formula is C11H15N3O. The highest BCUT2D eigenvalue weighted by molar-refractivity contribution is 5.84. The smallest absolute Gasteiger partial charge is 0.149 e. The number of ketones is 1. The SMILES string of the molecule is CC(=O)C(C)(C#N)CCc1nccn1C. The molecule has 4 heteroatoms. The van der Waals surface area contributed by atoms with Crippen LogP contribution in [0.15, 0.2) is 12.4 Å². The molecule has 0 bridgehead atoms. The zero-order chi connectivity index (χ0) is 11.5. The highest BCUT2D eigenvalue weighted by atomic mass is 16.1. The van der Waals surface area contributed by atoms with E-state index in [0.717, 1.165) is 5.82 Å². The molecule has 15 heavy (non-hydrogen) atoms. The molecule has 0 saturated heterocycles. The van der Waals surface area contributed by atoms with E-state index in [1.54, 1.807) is 13.1 Å². The van der Waals surface area contributed by atoms with Gasteiger partial charge in [-0.1, -0.05) is 0 Å². The van der Waals surface area contributed by atoms with Crippen molar-refractivity contribution in [1.82, 2.24) is 9.55 Å².